The molecule has 1 aliphatic rings. The van der Waals surface area contributed by atoms with Crippen molar-refractivity contribution >= 4 is 69.8 Å². The number of nitrogens with one attached hydrogen (secondary N) is 2. The molecule has 0 saturated carbocycles. The number of anilines is 1. The minimum Gasteiger partial charge on any atom is -0.445 e. The second-order valence-electron chi connectivity index (χ2n) is 7.35. The molecule has 0 spiro atoms. The van der Waals surface area contributed by atoms with Gasteiger partial charge in [0.2, 0.25) is 9.70 Å². The van der Waals surface area contributed by atoms with Gasteiger partial charge in [-0.1, -0.05) is 58.5 Å². The third-order valence-electron chi connectivity index (χ3n) is 4.59. The number of hydrogen-bond donors (Lipinski definition) is 2. The summed E-state index contributed by atoms with van der Waals surface area (Å²) in [7, 11) is 0. The van der Waals surface area contributed by atoms with E-state index < -0.39 is 40.2 Å². The van der Waals surface area contributed by atoms with Crippen molar-refractivity contribution in [2.45, 2.75) is 16.0 Å². The van der Waals surface area contributed by atoms with Crippen LogP contribution in [0.1, 0.15) is 11.1 Å². The molecule has 1 heterocycles. The van der Waals surface area contributed by atoms with Gasteiger partial charge in [-0.2, -0.15) is 18.3 Å². The van der Waals surface area contributed by atoms with Gasteiger partial charge in [0, 0.05) is 16.3 Å². The number of amides is 2. The number of ether oxygens (including phenoxy) is 1. The number of hydrogen-bond acceptors (Lipinski definition) is 5. The number of benzene rings is 2. The van der Waals surface area contributed by atoms with E-state index in [4.69, 9.17) is 51.1 Å². The molecule has 188 valence electrons. The van der Waals surface area contributed by atoms with Gasteiger partial charge in [-0.25, -0.2) is 4.79 Å². The van der Waals surface area contributed by atoms with Crippen LogP contribution < -0.4 is 10.6 Å². The monoisotopic (exact) mass is 570 g/mol. The summed E-state index contributed by atoms with van der Waals surface area (Å²) < 4.78 is 41.2. The summed E-state index contributed by atoms with van der Waals surface area (Å²) in [5, 5.41) is 11.4. The van der Waals surface area contributed by atoms with Crippen molar-refractivity contribution in [2.24, 2.45) is 5.10 Å². The minimum absolute atomic E-state index is 0.0985. The van der Waals surface area contributed by atoms with E-state index in [0.29, 0.717) is 16.3 Å². The van der Waals surface area contributed by atoms with E-state index in [0.717, 1.165) is 24.3 Å². The van der Waals surface area contributed by atoms with Crippen molar-refractivity contribution in [3.63, 3.8) is 0 Å². The third-order valence-corrected chi connectivity index (χ3v) is 5.17. The van der Waals surface area contributed by atoms with Crippen LogP contribution >= 0.6 is 46.4 Å². The number of hydrazone groups is 1. The largest absolute Gasteiger partial charge is 0.445 e. The van der Waals surface area contributed by atoms with Crippen molar-refractivity contribution in [1.82, 2.24) is 10.3 Å². The maximum atomic E-state index is 12.7. The summed E-state index contributed by atoms with van der Waals surface area (Å²) in [4.78, 5) is 24.6. The maximum Gasteiger partial charge on any atom is 0.416 e. The molecule has 1 unspecified atom stereocenters. The molecule has 2 amide bonds. The minimum atomic E-state index is -4.48. The van der Waals surface area contributed by atoms with E-state index in [-0.39, 0.29) is 18.8 Å². The zero-order valence-electron chi connectivity index (χ0n) is 17.6. The van der Waals surface area contributed by atoms with Gasteiger partial charge in [0.15, 0.2) is 0 Å². The Balaban J connectivity index is 1.68. The topological polar surface area (TPSA) is 83.0 Å². The number of alkyl carbamates (subject to hydrolysis) is 1. The molecule has 14 heteroatoms. The molecule has 0 saturated heterocycles. The van der Waals surface area contributed by atoms with Gasteiger partial charge >= 0.3 is 12.3 Å². The molecule has 1 aliphatic heterocycles. The Morgan fingerprint density at radius 2 is 1.69 bits per heavy atom. The quantitative estimate of drug-likeness (QED) is 0.450. The molecule has 0 radical (unpaired) electrons. The van der Waals surface area contributed by atoms with Crippen LogP contribution in [-0.4, -0.2) is 52.3 Å². The fraction of sp³-hybridized carbons (Fsp3) is 0.286. The summed E-state index contributed by atoms with van der Waals surface area (Å²) >= 11 is 22.7. The molecule has 2 N–H and O–H groups in total. The Kier molecular flexibility index (Phi) is 8.63. The average molecular weight is 572 g/mol. The van der Waals surface area contributed by atoms with Gasteiger partial charge in [-0.3, -0.25) is 9.80 Å². The Morgan fingerprint density at radius 1 is 1.06 bits per heavy atom. The van der Waals surface area contributed by atoms with E-state index in [9.17, 15) is 22.8 Å². The van der Waals surface area contributed by atoms with Crippen LogP contribution in [0.3, 0.4) is 0 Å². The summed E-state index contributed by atoms with van der Waals surface area (Å²) in [6.07, 6.45) is -5.34. The second kappa shape index (κ2) is 11.1. The van der Waals surface area contributed by atoms with Crippen molar-refractivity contribution < 1.29 is 27.5 Å². The summed E-state index contributed by atoms with van der Waals surface area (Å²) in [6, 6.07) is 10.0. The summed E-state index contributed by atoms with van der Waals surface area (Å²) in [6.45, 7) is -0.621. The first kappa shape index (κ1) is 27.2. The molecule has 0 fully saturated rings. The predicted molar refractivity (Wildman–Crippen MR) is 128 cm³/mol. The summed E-state index contributed by atoms with van der Waals surface area (Å²) in [5.41, 5.74) is 0.415. The van der Waals surface area contributed by atoms with Crippen LogP contribution in [0.2, 0.25) is 5.02 Å². The van der Waals surface area contributed by atoms with Crippen LogP contribution in [-0.2, 0) is 15.7 Å². The lowest BCUT2D eigenvalue weighted by atomic mass is 10.0. The Hall–Kier alpha value is -2.40. The first-order chi connectivity index (χ1) is 16.3. The van der Waals surface area contributed by atoms with Crippen molar-refractivity contribution in [3.8, 4) is 0 Å². The normalized spacial score (nSPS) is 16.0. The molecule has 0 aromatic heterocycles. The van der Waals surface area contributed by atoms with Gasteiger partial charge in [0.1, 0.15) is 13.2 Å². The van der Waals surface area contributed by atoms with Gasteiger partial charge in [0.25, 0.3) is 0 Å². The molecule has 0 bridgehead atoms. The Labute approximate surface area is 218 Å². The van der Waals surface area contributed by atoms with E-state index in [1.54, 1.807) is 24.3 Å². The van der Waals surface area contributed by atoms with Crippen molar-refractivity contribution in [3.05, 3.63) is 64.7 Å². The number of alkyl halides is 6. The number of rotatable bonds is 6. The maximum absolute atomic E-state index is 12.7. The predicted octanol–water partition coefficient (Wildman–Crippen LogP) is 5.48. The van der Waals surface area contributed by atoms with Gasteiger partial charge in [0.05, 0.1) is 23.9 Å². The molecule has 3 rings (SSSR count). The van der Waals surface area contributed by atoms with Gasteiger partial charge < -0.3 is 15.4 Å². The zero-order valence-corrected chi connectivity index (χ0v) is 20.6. The standard InChI is InChI=1S/C21H17Cl4F3N4O3/c22-14-5-1-12(2-6-14)18-16(30-19(34)35-11-20(23,24)25)9-32(31-18)10-17(33)29-15-7-3-13(4-8-15)21(26,27)28/h1-8,16H,9-11H2,(H,29,33)(H,30,34). The van der Waals surface area contributed by atoms with E-state index in [1.807, 2.05) is 0 Å². The Morgan fingerprint density at radius 3 is 2.26 bits per heavy atom. The van der Waals surface area contributed by atoms with Gasteiger partial charge in [-0.15, -0.1) is 0 Å². The van der Waals surface area contributed by atoms with Crippen LogP contribution in [0.15, 0.2) is 53.6 Å². The number of carbonyl (C=O) groups is 2. The summed E-state index contributed by atoms with van der Waals surface area (Å²) in [5.74, 6) is -0.525. The van der Waals surface area contributed by atoms with Crippen molar-refractivity contribution in [1.29, 1.82) is 0 Å². The van der Waals surface area contributed by atoms with Crippen LogP contribution in [0, 0.1) is 0 Å². The fourth-order valence-electron chi connectivity index (χ4n) is 3.09. The lowest BCUT2D eigenvalue weighted by molar-refractivity contribution is -0.137. The molecular weight excluding hydrogens is 555 g/mol. The highest BCUT2D eigenvalue weighted by Crippen LogP contribution is 2.30. The highest BCUT2D eigenvalue weighted by molar-refractivity contribution is 6.67. The lowest BCUT2D eigenvalue weighted by Crippen LogP contribution is -2.44. The number of nitrogens with zero attached hydrogens (tertiary/aromatic N) is 2. The molecule has 0 aliphatic carbocycles. The first-order valence-corrected chi connectivity index (χ1v) is 11.4. The highest BCUT2D eigenvalue weighted by Gasteiger charge is 2.32. The average Bonchev–Trinajstić information content (AvgIpc) is 3.13. The smallest absolute Gasteiger partial charge is 0.416 e. The first-order valence-electron chi connectivity index (χ1n) is 9.87. The number of halogens is 7. The van der Waals surface area contributed by atoms with E-state index in [1.165, 1.54) is 5.01 Å². The van der Waals surface area contributed by atoms with Gasteiger partial charge in [-0.05, 0) is 36.4 Å². The molecule has 1 atom stereocenters. The van der Waals surface area contributed by atoms with Crippen LogP contribution in [0.4, 0.5) is 23.7 Å². The molecule has 35 heavy (non-hydrogen) atoms. The number of carbonyl (C=O) groups excluding carboxylic acids is 2. The van der Waals surface area contributed by atoms with Crippen LogP contribution in [0.5, 0.6) is 0 Å². The lowest BCUT2D eigenvalue weighted by Gasteiger charge is -2.18. The molecular formula is C21H17Cl4F3N4O3. The molecule has 7 nitrogen and oxygen atoms in total. The Bertz CT molecular complexity index is 1090. The van der Waals surface area contributed by atoms with E-state index >= 15 is 0 Å². The molecule has 2 aromatic carbocycles. The van der Waals surface area contributed by atoms with Crippen molar-refractivity contribution in [2.75, 3.05) is 25.0 Å². The fourth-order valence-corrected chi connectivity index (χ4v) is 3.38. The zero-order chi connectivity index (χ0) is 25.8. The second-order valence-corrected chi connectivity index (χ2v) is 10.3. The van der Waals surface area contributed by atoms with E-state index in [2.05, 4.69) is 15.7 Å². The van der Waals surface area contributed by atoms with Crippen LogP contribution in [0.25, 0.3) is 0 Å². The molecule has 2 aromatic rings. The SMILES string of the molecule is O=C(CN1CC(NC(=O)OCC(Cl)(Cl)Cl)C(c2ccc(Cl)cc2)=N1)Nc1ccc(C(F)(F)F)cc1. The third kappa shape index (κ3) is 8.34. The highest BCUT2D eigenvalue weighted by atomic mass is 35.6.